The molecular weight excluding hydrogens is 360 g/mol. The van der Waals surface area contributed by atoms with E-state index in [-0.39, 0.29) is 11.3 Å². The number of H-pyrrole nitrogens is 1. The zero-order valence-electron chi connectivity index (χ0n) is 17.3. The number of nitrogens with zero attached hydrogens (tertiary/aromatic N) is 2. The van der Waals surface area contributed by atoms with Gasteiger partial charge in [-0.3, -0.25) is 14.8 Å². The molecule has 1 amide bonds. The van der Waals surface area contributed by atoms with Crippen LogP contribution in [0, 0.1) is 0 Å². The van der Waals surface area contributed by atoms with Gasteiger partial charge < -0.3 is 5.32 Å². The number of nitrogens with one attached hydrogen (secondary N) is 2. The molecule has 0 fully saturated rings. The highest BCUT2D eigenvalue weighted by Gasteiger charge is 2.23. The molecule has 2 N–H and O–H groups in total. The van der Waals surface area contributed by atoms with Crippen molar-refractivity contribution in [3.8, 4) is 0 Å². The van der Waals surface area contributed by atoms with Gasteiger partial charge in [-0.25, -0.2) is 0 Å². The minimum Gasteiger partial charge on any atom is -0.305 e. The number of anilines is 1. The largest absolute Gasteiger partial charge is 0.305 e. The summed E-state index contributed by atoms with van der Waals surface area (Å²) < 4.78 is 0. The van der Waals surface area contributed by atoms with E-state index in [0.717, 1.165) is 37.3 Å². The smallest absolute Gasteiger partial charge is 0.256 e. The Morgan fingerprint density at radius 2 is 1.83 bits per heavy atom. The van der Waals surface area contributed by atoms with Crippen molar-refractivity contribution in [1.82, 2.24) is 15.1 Å². The molecular formula is C24H28N4O. The third-order valence-corrected chi connectivity index (χ3v) is 5.51. The molecule has 150 valence electrons. The molecule has 5 nitrogen and oxygen atoms in total. The number of carbonyl (C=O) groups is 1. The minimum absolute atomic E-state index is 0.0713. The Morgan fingerprint density at radius 3 is 2.52 bits per heavy atom. The number of hydrogen-bond donors (Lipinski definition) is 2. The molecule has 2 heterocycles. The molecule has 2 aromatic carbocycles. The van der Waals surface area contributed by atoms with E-state index in [0.29, 0.717) is 11.4 Å². The lowest BCUT2D eigenvalue weighted by molar-refractivity contribution is 0.102. The molecule has 0 atom stereocenters. The average molecular weight is 389 g/mol. The molecule has 0 radical (unpaired) electrons. The number of hydrogen-bond acceptors (Lipinski definition) is 3. The van der Waals surface area contributed by atoms with Gasteiger partial charge >= 0.3 is 0 Å². The van der Waals surface area contributed by atoms with Gasteiger partial charge in [-0.2, -0.15) is 5.10 Å². The first-order valence-electron chi connectivity index (χ1n) is 10.1. The van der Waals surface area contributed by atoms with Gasteiger partial charge in [-0.05, 0) is 35.1 Å². The molecule has 1 aromatic heterocycles. The van der Waals surface area contributed by atoms with Crippen molar-refractivity contribution >= 4 is 11.7 Å². The third-order valence-electron chi connectivity index (χ3n) is 5.51. The van der Waals surface area contributed by atoms with Crippen LogP contribution in [0.4, 0.5) is 5.82 Å². The molecule has 0 saturated carbocycles. The fraction of sp³-hybridized carbons (Fsp3) is 0.333. The number of aromatic nitrogens is 2. The van der Waals surface area contributed by atoms with Gasteiger partial charge in [0.05, 0.1) is 5.69 Å². The van der Waals surface area contributed by atoms with Crippen molar-refractivity contribution in [2.45, 2.75) is 45.7 Å². The second-order valence-electron chi connectivity index (χ2n) is 8.76. The summed E-state index contributed by atoms with van der Waals surface area (Å²) in [5.74, 6) is 0.538. The van der Waals surface area contributed by atoms with Gasteiger partial charge in [0, 0.05) is 30.8 Å². The maximum absolute atomic E-state index is 12.7. The molecule has 5 heteroatoms. The van der Waals surface area contributed by atoms with Crippen LogP contribution in [-0.4, -0.2) is 27.5 Å². The maximum atomic E-state index is 12.7. The van der Waals surface area contributed by atoms with E-state index in [1.807, 2.05) is 30.3 Å². The third kappa shape index (κ3) is 4.40. The second kappa shape index (κ2) is 7.84. The molecule has 1 aliphatic heterocycles. The summed E-state index contributed by atoms with van der Waals surface area (Å²) in [5, 5.41) is 10.5. The monoisotopic (exact) mass is 388 g/mol. The summed E-state index contributed by atoms with van der Waals surface area (Å²) >= 11 is 0. The summed E-state index contributed by atoms with van der Waals surface area (Å²) in [6, 6.07) is 18.3. The highest BCUT2D eigenvalue weighted by atomic mass is 16.1. The first kappa shape index (κ1) is 19.4. The van der Waals surface area contributed by atoms with Crippen molar-refractivity contribution in [2.75, 3.05) is 11.9 Å². The zero-order chi connectivity index (χ0) is 20.4. The first-order valence-corrected chi connectivity index (χ1v) is 10.1. The van der Waals surface area contributed by atoms with E-state index < -0.39 is 0 Å². The van der Waals surface area contributed by atoms with Crippen molar-refractivity contribution in [3.05, 3.63) is 82.5 Å². The zero-order valence-corrected chi connectivity index (χ0v) is 17.3. The molecule has 0 saturated heterocycles. The quantitative estimate of drug-likeness (QED) is 0.691. The lowest BCUT2D eigenvalue weighted by atomic mass is 9.87. The number of benzene rings is 2. The normalized spacial score (nSPS) is 14.4. The van der Waals surface area contributed by atoms with Crippen molar-refractivity contribution in [2.24, 2.45) is 0 Å². The lowest BCUT2D eigenvalue weighted by Gasteiger charge is -2.26. The van der Waals surface area contributed by atoms with E-state index in [1.165, 1.54) is 11.1 Å². The Morgan fingerprint density at radius 1 is 1.10 bits per heavy atom. The van der Waals surface area contributed by atoms with Gasteiger partial charge in [0.25, 0.3) is 5.91 Å². The van der Waals surface area contributed by atoms with E-state index in [2.05, 4.69) is 65.5 Å². The number of fused-ring (bicyclic) bond motifs is 1. The van der Waals surface area contributed by atoms with Crippen LogP contribution in [0.2, 0.25) is 0 Å². The SMILES string of the molecule is CC(C)(C)c1ccc(C(=O)Nc2n[nH]c3c2CCN(Cc2ccccc2)C3)cc1. The molecule has 29 heavy (non-hydrogen) atoms. The second-order valence-corrected chi connectivity index (χ2v) is 8.76. The van der Waals surface area contributed by atoms with Crippen LogP contribution in [-0.2, 0) is 24.9 Å². The van der Waals surface area contributed by atoms with Crippen LogP contribution >= 0.6 is 0 Å². The summed E-state index contributed by atoms with van der Waals surface area (Å²) in [6.07, 6.45) is 0.872. The molecule has 0 aliphatic carbocycles. The van der Waals surface area contributed by atoms with E-state index in [1.54, 1.807) is 0 Å². The summed E-state index contributed by atoms with van der Waals surface area (Å²) in [6.45, 7) is 9.18. The summed E-state index contributed by atoms with van der Waals surface area (Å²) in [4.78, 5) is 15.1. The van der Waals surface area contributed by atoms with Gasteiger partial charge in [-0.15, -0.1) is 0 Å². The predicted octanol–water partition coefficient (Wildman–Crippen LogP) is 4.52. The molecule has 4 rings (SSSR count). The standard InChI is InChI=1S/C24H28N4O/c1-24(2,3)19-11-9-18(10-12-19)23(29)25-22-20-13-14-28(16-21(20)26-27-22)15-17-7-5-4-6-8-17/h4-12H,13-16H2,1-3H3,(H2,25,26,27,29). The van der Waals surface area contributed by atoms with Crippen LogP contribution in [0.1, 0.15) is 53.5 Å². The van der Waals surface area contributed by atoms with Crippen molar-refractivity contribution in [3.63, 3.8) is 0 Å². The maximum Gasteiger partial charge on any atom is 0.256 e. The highest BCUT2D eigenvalue weighted by molar-refractivity contribution is 6.04. The summed E-state index contributed by atoms with van der Waals surface area (Å²) in [7, 11) is 0. The van der Waals surface area contributed by atoms with E-state index >= 15 is 0 Å². The van der Waals surface area contributed by atoms with Crippen LogP contribution in [0.5, 0.6) is 0 Å². The number of carbonyl (C=O) groups excluding carboxylic acids is 1. The van der Waals surface area contributed by atoms with Gasteiger partial charge in [0.15, 0.2) is 5.82 Å². The molecule has 0 spiro atoms. The van der Waals surface area contributed by atoms with Gasteiger partial charge in [0.2, 0.25) is 0 Å². The Kier molecular flexibility index (Phi) is 5.24. The summed E-state index contributed by atoms with van der Waals surface area (Å²) in [5.41, 5.74) is 5.45. The Balaban J connectivity index is 1.42. The van der Waals surface area contributed by atoms with Gasteiger partial charge in [-0.1, -0.05) is 63.2 Å². The average Bonchev–Trinajstić information content (AvgIpc) is 3.10. The van der Waals surface area contributed by atoms with Gasteiger partial charge in [0.1, 0.15) is 0 Å². The molecule has 0 unspecified atom stereocenters. The molecule has 3 aromatic rings. The fourth-order valence-corrected chi connectivity index (χ4v) is 3.76. The first-order chi connectivity index (χ1) is 13.9. The predicted molar refractivity (Wildman–Crippen MR) is 116 cm³/mol. The number of rotatable bonds is 4. The van der Waals surface area contributed by atoms with Crippen molar-refractivity contribution in [1.29, 1.82) is 0 Å². The Hall–Kier alpha value is -2.92. The van der Waals surface area contributed by atoms with Crippen LogP contribution in [0.3, 0.4) is 0 Å². The fourth-order valence-electron chi connectivity index (χ4n) is 3.76. The molecule has 0 bridgehead atoms. The van der Waals surface area contributed by atoms with E-state index in [4.69, 9.17) is 0 Å². The number of amides is 1. The van der Waals surface area contributed by atoms with Crippen LogP contribution < -0.4 is 5.32 Å². The lowest BCUT2D eigenvalue weighted by Crippen LogP contribution is -2.30. The van der Waals surface area contributed by atoms with Crippen LogP contribution in [0.15, 0.2) is 54.6 Å². The van der Waals surface area contributed by atoms with Crippen LogP contribution in [0.25, 0.3) is 0 Å². The van der Waals surface area contributed by atoms with Crippen molar-refractivity contribution < 1.29 is 4.79 Å². The molecule has 1 aliphatic rings. The van der Waals surface area contributed by atoms with E-state index in [9.17, 15) is 4.79 Å². The Bertz CT molecular complexity index is 984. The Labute approximate surface area is 172 Å². The minimum atomic E-state index is -0.119. The topological polar surface area (TPSA) is 61.0 Å². The highest BCUT2D eigenvalue weighted by Crippen LogP contribution is 2.26. The number of aromatic amines is 1.